The zero-order valence-electron chi connectivity index (χ0n) is 12.3. The predicted octanol–water partition coefficient (Wildman–Crippen LogP) is 3.49. The van der Waals surface area contributed by atoms with Gasteiger partial charge in [0.15, 0.2) is 0 Å². The summed E-state index contributed by atoms with van der Waals surface area (Å²) in [5, 5.41) is 12.4. The molecular weight excluding hydrogens is 264 g/mol. The molecule has 2 aromatic carbocycles. The first-order chi connectivity index (χ1) is 9.99. The van der Waals surface area contributed by atoms with E-state index >= 15 is 0 Å². The van der Waals surface area contributed by atoms with Gasteiger partial charge >= 0.3 is 5.97 Å². The van der Waals surface area contributed by atoms with Crippen molar-refractivity contribution in [3.8, 4) is 0 Å². The van der Waals surface area contributed by atoms with Gasteiger partial charge in [0.25, 0.3) is 0 Å². The highest BCUT2D eigenvalue weighted by Gasteiger charge is 2.12. The van der Waals surface area contributed by atoms with E-state index in [1.807, 2.05) is 31.2 Å². The first-order valence-corrected chi connectivity index (χ1v) is 6.91. The highest BCUT2D eigenvalue weighted by Crippen LogP contribution is 2.24. The molecule has 0 spiro atoms. The van der Waals surface area contributed by atoms with Gasteiger partial charge in [0.2, 0.25) is 0 Å². The highest BCUT2D eigenvalue weighted by atomic mass is 16.4. The lowest BCUT2D eigenvalue weighted by molar-refractivity contribution is 0.0698. The van der Waals surface area contributed by atoms with E-state index in [9.17, 15) is 4.79 Å². The highest BCUT2D eigenvalue weighted by molar-refractivity contribution is 5.95. The number of anilines is 2. The summed E-state index contributed by atoms with van der Waals surface area (Å²) in [5.74, 6) is -0.673. The van der Waals surface area contributed by atoms with E-state index in [1.54, 1.807) is 6.07 Å². The fourth-order valence-corrected chi connectivity index (χ4v) is 2.25. The molecule has 4 heteroatoms. The molecule has 0 saturated heterocycles. The number of hydrogen-bond acceptors (Lipinski definition) is 3. The van der Waals surface area contributed by atoms with Crippen LogP contribution >= 0.6 is 0 Å². The Kier molecular flexibility index (Phi) is 4.48. The van der Waals surface area contributed by atoms with Crippen LogP contribution in [0.2, 0.25) is 0 Å². The molecule has 4 nitrogen and oxygen atoms in total. The predicted molar refractivity (Wildman–Crippen MR) is 85.9 cm³/mol. The zero-order valence-corrected chi connectivity index (χ0v) is 12.3. The maximum atomic E-state index is 11.2. The topological polar surface area (TPSA) is 75.3 Å². The van der Waals surface area contributed by atoms with Crippen LogP contribution in [0.15, 0.2) is 42.5 Å². The molecule has 1 atom stereocenters. The molecule has 0 radical (unpaired) electrons. The molecule has 1 unspecified atom stereocenters. The van der Waals surface area contributed by atoms with Gasteiger partial charge in [0.1, 0.15) is 0 Å². The van der Waals surface area contributed by atoms with Crippen molar-refractivity contribution in [2.45, 2.75) is 19.8 Å². The largest absolute Gasteiger partial charge is 0.478 e. The van der Waals surface area contributed by atoms with Crippen LogP contribution in [0.4, 0.5) is 11.4 Å². The van der Waals surface area contributed by atoms with Crippen molar-refractivity contribution in [1.82, 2.24) is 0 Å². The first kappa shape index (κ1) is 14.9. The van der Waals surface area contributed by atoms with E-state index in [-0.39, 0.29) is 5.56 Å². The molecular formula is C17H20N2O2. The molecule has 21 heavy (non-hydrogen) atoms. The van der Waals surface area contributed by atoms with Crippen molar-refractivity contribution < 1.29 is 9.90 Å². The third-order valence-electron chi connectivity index (χ3n) is 3.60. The lowest BCUT2D eigenvalue weighted by Crippen LogP contribution is -2.11. The summed E-state index contributed by atoms with van der Waals surface area (Å²) in [5.41, 5.74) is 9.05. The Morgan fingerprint density at radius 1 is 1.29 bits per heavy atom. The van der Waals surface area contributed by atoms with Gasteiger partial charge in [-0.05, 0) is 36.1 Å². The van der Waals surface area contributed by atoms with Crippen molar-refractivity contribution in [1.29, 1.82) is 0 Å². The van der Waals surface area contributed by atoms with Crippen LogP contribution in [-0.4, -0.2) is 17.6 Å². The van der Waals surface area contributed by atoms with Crippen molar-refractivity contribution in [3.05, 3.63) is 59.2 Å². The molecule has 0 amide bonds. The molecule has 0 bridgehead atoms. The third-order valence-corrected chi connectivity index (χ3v) is 3.60. The average molecular weight is 284 g/mol. The minimum Gasteiger partial charge on any atom is -0.478 e. The van der Waals surface area contributed by atoms with E-state index in [0.29, 0.717) is 11.6 Å². The van der Waals surface area contributed by atoms with Crippen molar-refractivity contribution in [3.63, 3.8) is 0 Å². The Morgan fingerprint density at radius 2 is 1.95 bits per heavy atom. The number of benzene rings is 2. The lowest BCUT2D eigenvalue weighted by Gasteiger charge is -2.16. The van der Waals surface area contributed by atoms with Gasteiger partial charge in [-0.3, -0.25) is 0 Å². The molecule has 110 valence electrons. The quantitative estimate of drug-likeness (QED) is 0.735. The molecule has 0 heterocycles. The number of nitrogens with one attached hydrogen (secondary N) is 1. The number of nitrogen functional groups attached to an aromatic ring is 1. The minimum absolute atomic E-state index is 0.143. The summed E-state index contributed by atoms with van der Waals surface area (Å²) in [4.78, 5) is 11.2. The second-order valence-corrected chi connectivity index (χ2v) is 5.25. The van der Waals surface area contributed by atoms with E-state index in [1.165, 1.54) is 5.56 Å². The first-order valence-electron chi connectivity index (χ1n) is 6.91. The van der Waals surface area contributed by atoms with Crippen molar-refractivity contribution in [2.75, 3.05) is 17.6 Å². The fraction of sp³-hybridized carbons (Fsp3) is 0.235. The summed E-state index contributed by atoms with van der Waals surface area (Å²) in [7, 11) is 0. The van der Waals surface area contributed by atoms with Crippen LogP contribution in [-0.2, 0) is 0 Å². The van der Waals surface area contributed by atoms with Crippen LogP contribution in [0.25, 0.3) is 0 Å². The van der Waals surface area contributed by atoms with Gasteiger partial charge in [-0.15, -0.1) is 0 Å². The Bertz CT molecular complexity index is 639. The molecule has 0 aliphatic rings. The lowest BCUT2D eigenvalue weighted by atomic mass is 10.0. The van der Waals surface area contributed by atoms with Gasteiger partial charge < -0.3 is 16.2 Å². The Labute approximate surface area is 124 Å². The number of rotatable bonds is 5. The number of aromatic carboxylic acids is 1. The summed E-state index contributed by atoms with van der Waals surface area (Å²) in [6.45, 7) is 4.67. The monoisotopic (exact) mass is 284 g/mol. The second-order valence-electron chi connectivity index (χ2n) is 5.25. The number of aryl methyl sites for hydroxylation is 1. The molecule has 2 rings (SSSR count). The van der Waals surface area contributed by atoms with Crippen LogP contribution in [0, 0.1) is 6.92 Å². The van der Waals surface area contributed by atoms with Crippen LogP contribution in [0.5, 0.6) is 0 Å². The SMILES string of the molecule is Cc1cc(NCC(C)c2ccccc2)cc(C(=O)O)c1N. The van der Waals surface area contributed by atoms with Gasteiger partial charge in [-0.25, -0.2) is 4.79 Å². The van der Waals surface area contributed by atoms with Gasteiger partial charge in [-0.1, -0.05) is 37.3 Å². The third kappa shape index (κ3) is 3.54. The van der Waals surface area contributed by atoms with Crippen molar-refractivity contribution in [2.24, 2.45) is 0 Å². The molecule has 4 N–H and O–H groups in total. The van der Waals surface area contributed by atoms with Crippen LogP contribution in [0.3, 0.4) is 0 Å². The molecule has 0 aliphatic heterocycles. The number of carboxylic acid groups (broad SMARTS) is 1. The minimum atomic E-state index is -1.00. The zero-order chi connectivity index (χ0) is 15.4. The van der Waals surface area contributed by atoms with Gasteiger partial charge in [0.05, 0.1) is 5.56 Å². The average Bonchev–Trinajstić information content (AvgIpc) is 2.48. The van der Waals surface area contributed by atoms with E-state index in [0.717, 1.165) is 17.8 Å². The number of carboxylic acids is 1. The number of hydrogen-bond donors (Lipinski definition) is 3. The van der Waals surface area contributed by atoms with E-state index in [4.69, 9.17) is 10.8 Å². The molecule has 0 aromatic heterocycles. The smallest absolute Gasteiger partial charge is 0.337 e. The summed E-state index contributed by atoms with van der Waals surface area (Å²) < 4.78 is 0. The van der Waals surface area contributed by atoms with Crippen LogP contribution < -0.4 is 11.1 Å². The Balaban J connectivity index is 2.12. The maximum Gasteiger partial charge on any atom is 0.337 e. The second kappa shape index (κ2) is 6.31. The molecule has 2 aromatic rings. The Hall–Kier alpha value is -2.49. The normalized spacial score (nSPS) is 11.9. The van der Waals surface area contributed by atoms with Crippen molar-refractivity contribution >= 4 is 17.3 Å². The molecule has 0 saturated carbocycles. The standard InChI is InChI=1S/C17H20N2O2/c1-11-8-14(9-15(16(11)18)17(20)21)19-10-12(2)13-6-4-3-5-7-13/h3-9,12,19H,10,18H2,1-2H3,(H,20,21). The molecule has 0 fully saturated rings. The Morgan fingerprint density at radius 3 is 2.57 bits per heavy atom. The van der Waals surface area contributed by atoms with Gasteiger partial charge in [-0.2, -0.15) is 0 Å². The molecule has 0 aliphatic carbocycles. The van der Waals surface area contributed by atoms with E-state index in [2.05, 4.69) is 24.4 Å². The maximum absolute atomic E-state index is 11.2. The summed E-state index contributed by atoms with van der Waals surface area (Å²) >= 11 is 0. The summed E-state index contributed by atoms with van der Waals surface area (Å²) in [6, 6.07) is 13.7. The number of nitrogens with two attached hydrogens (primary N) is 1. The van der Waals surface area contributed by atoms with Gasteiger partial charge in [0, 0.05) is 17.9 Å². The van der Waals surface area contributed by atoms with Crippen LogP contribution in [0.1, 0.15) is 34.3 Å². The fourth-order valence-electron chi connectivity index (χ4n) is 2.25. The number of carbonyl (C=O) groups is 1. The van der Waals surface area contributed by atoms with E-state index < -0.39 is 5.97 Å². The summed E-state index contributed by atoms with van der Waals surface area (Å²) in [6.07, 6.45) is 0.